The van der Waals surface area contributed by atoms with Crippen molar-refractivity contribution < 1.29 is 18.3 Å². The van der Waals surface area contributed by atoms with E-state index in [2.05, 4.69) is 15.0 Å². The summed E-state index contributed by atoms with van der Waals surface area (Å²) in [4.78, 5) is 26.6. The molecular weight excluding hydrogens is 402 g/mol. The second-order valence-corrected chi connectivity index (χ2v) is 7.37. The van der Waals surface area contributed by atoms with Gasteiger partial charge in [-0.3, -0.25) is 9.78 Å². The van der Waals surface area contributed by atoms with Crippen molar-refractivity contribution in [3.8, 4) is 17.0 Å². The zero-order chi connectivity index (χ0) is 22.1. The Balaban J connectivity index is 1.72. The third-order valence-corrected chi connectivity index (χ3v) is 4.82. The van der Waals surface area contributed by atoms with E-state index >= 15 is 0 Å². The number of fused-ring (bicyclic) bond motifs is 1. The van der Waals surface area contributed by atoms with Crippen molar-refractivity contribution in [1.82, 2.24) is 19.9 Å². The van der Waals surface area contributed by atoms with Gasteiger partial charge < -0.3 is 14.6 Å². The van der Waals surface area contributed by atoms with Crippen LogP contribution in [0.5, 0.6) is 5.75 Å². The Labute approximate surface area is 177 Å². The molecule has 0 aliphatic rings. The molecule has 0 amide bonds. The number of methoxy groups -OCH3 is 1. The van der Waals surface area contributed by atoms with Gasteiger partial charge >= 0.3 is 0 Å². The Morgan fingerprint density at radius 3 is 2.68 bits per heavy atom. The summed E-state index contributed by atoms with van der Waals surface area (Å²) in [5.74, 6) is -2.23. The fraction of sp³-hybridized carbons (Fsp3) is 0.174. The highest BCUT2D eigenvalue weighted by Gasteiger charge is 2.20. The van der Waals surface area contributed by atoms with Crippen LogP contribution in [-0.4, -0.2) is 46.8 Å². The van der Waals surface area contributed by atoms with Gasteiger partial charge in [-0.25, -0.2) is 13.8 Å². The second kappa shape index (κ2) is 8.23. The maximum atomic E-state index is 14.5. The lowest BCUT2D eigenvalue weighted by Crippen LogP contribution is -2.10. The van der Waals surface area contributed by atoms with Crippen molar-refractivity contribution in [3.05, 3.63) is 77.2 Å². The van der Waals surface area contributed by atoms with Crippen LogP contribution in [-0.2, 0) is 6.54 Å². The number of rotatable bonds is 6. The van der Waals surface area contributed by atoms with Crippen molar-refractivity contribution >= 4 is 16.8 Å². The minimum atomic E-state index is -1.09. The van der Waals surface area contributed by atoms with E-state index < -0.39 is 11.6 Å². The molecule has 4 aromatic rings. The van der Waals surface area contributed by atoms with Gasteiger partial charge in [-0.15, -0.1) is 0 Å². The summed E-state index contributed by atoms with van der Waals surface area (Å²) in [6.45, 7) is 0.751. The van der Waals surface area contributed by atoms with Gasteiger partial charge in [0.15, 0.2) is 17.5 Å². The number of ether oxygens (including phenoxy) is 1. The first kappa shape index (κ1) is 20.6. The molecule has 0 aliphatic carbocycles. The number of aromatic amines is 1. The minimum absolute atomic E-state index is 0.0871. The molecule has 2 heterocycles. The van der Waals surface area contributed by atoms with E-state index in [1.54, 1.807) is 0 Å². The molecule has 2 aromatic heterocycles. The Hall–Kier alpha value is -3.65. The first-order valence-corrected chi connectivity index (χ1v) is 9.54. The number of hydrogen-bond donors (Lipinski definition) is 1. The molecule has 8 heteroatoms. The molecule has 0 fully saturated rings. The molecule has 0 radical (unpaired) electrons. The molecule has 0 aliphatic heterocycles. The molecule has 0 unspecified atom stereocenters. The van der Waals surface area contributed by atoms with E-state index in [0.717, 1.165) is 23.7 Å². The van der Waals surface area contributed by atoms with Crippen LogP contribution in [0.3, 0.4) is 0 Å². The number of nitrogens with one attached hydrogen (secondary N) is 1. The topological polar surface area (TPSA) is 71.1 Å². The summed E-state index contributed by atoms with van der Waals surface area (Å²) in [6, 6.07) is 11.0. The van der Waals surface area contributed by atoms with Crippen molar-refractivity contribution in [1.29, 1.82) is 0 Å². The van der Waals surface area contributed by atoms with Gasteiger partial charge in [-0.1, -0.05) is 6.07 Å². The zero-order valence-corrected chi connectivity index (χ0v) is 17.2. The number of benzene rings is 2. The summed E-state index contributed by atoms with van der Waals surface area (Å²) in [5, 5.41) is 0. The highest BCUT2D eigenvalue weighted by Crippen LogP contribution is 2.33. The van der Waals surface area contributed by atoms with Gasteiger partial charge in [0.2, 0.25) is 5.78 Å². The van der Waals surface area contributed by atoms with E-state index in [1.807, 2.05) is 37.2 Å². The predicted molar refractivity (Wildman–Crippen MR) is 113 cm³/mol. The van der Waals surface area contributed by atoms with Crippen LogP contribution in [0.2, 0.25) is 0 Å². The molecule has 4 rings (SSSR count). The van der Waals surface area contributed by atoms with Gasteiger partial charge in [0, 0.05) is 18.3 Å². The van der Waals surface area contributed by atoms with Gasteiger partial charge in [0.05, 0.1) is 29.4 Å². The zero-order valence-electron chi connectivity index (χ0n) is 17.2. The van der Waals surface area contributed by atoms with Crippen LogP contribution in [0.1, 0.15) is 21.7 Å². The van der Waals surface area contributed by atoms with Crippen molar-refractivity contribution in [2.75, 3.05) is 21.2 Å². The van der Waals surface area contributed by atoms with E-state index in [9.17, 15) is 13.6 Å². The van der Waals surface area contributed by atoms with E-state index in [-0.39, 0.29) is 34.2 Å². The number of halogens is 2. The Bertz CT molecular complexity index is 1280. The van der Waals surface area contributed by atoms with Crippen LogP contribution >= 0.6 is 0 Å². The van der Waals surface area contributed by atoms with Crippen LogP contribution in [0.25, 0.3) is 22.3 Å². The third kappa shape index (κ3) is 4.02. The monoisotopic (exact) mass is 422 g/mol. The molecule has 6 nitrogen and oxygen atoms in total. The SMILES string of the molecule is COc1ccc(F)c(F)c1-c1cc(C(=O)c2nc3cc(CN(C)C)ccc3[nH]2)ccn1. The van der Waals surface area contributed by atoms with Gasteiger partial charge in [0.25, 0.3) is 0 Å². The van der Waals surface area contributed by atoms with Gasteiger partial charge in [-0.2, -0.15) is 0 Å². The number of H-pyrrole nitrogens is 1. The molecule has 1 N–H and O–H groups in total. The van der Waals surface area contributed by atoms with E-state index in [4.69, 9.17) is 4.74 Å². The molecule has 31 heavy (non-hydrogen) atoms. The molecular formula is C23H20F2N4O2. The molecule has 0 spiro atoms. The minimum Gasteiger partial charge on any atom is -0.496 e. The molecule has 2 aromatic carbocycles. The Kier molecular flexibility index (Phi) is 5.48. The van der Waals surface area contributed by atoms with Crippen LogP contribution < -0.4 is 4.74 Å². The first-order valence-electron chi connectivity index (χ1n) is 9.54. The summed E-state index contributed by atoms with van der Waals surface area (Å²) in [6.07, 6.45) is 1.37. The van der Waals surface area contributed by atoms with E-state index in [0.29, 0.717) is 5.52 Å². The number of hydrogen-bond acceptors (Lipinski definition) is 5. The summed E-state index contributed by atoms with van der Waals surface area (Å²) < 4.78 is 33.4. The number of imidazole rings is 1. The van der Waals surface area contributed by atoms with Crippen LogP contribution in [0, 0.1) is 11.6 Å². The fourth-order valence-corrected chi connectivity index (χ4v) is 3.41. The predicted octanol–water partition coefficient (Wildman–Crippen LogP) is 4.20. The van der Waals surface area contributed by atoms with Gasteiger partial charge in [0.1, 0.15) is 5.75 Å². The first-order chi connectivity index (χ1) is 14.9. The molecule has 0 atom stereocenters. The largest absolute Gasteiger partial charge is 0.496 e. The average Bonchev–Trinajstić information content (AvgIpc) is 3.18. The average molecular weight is 422 g/mol. The number of pyridine rings is 1. The third-order valence-electron chi connectivity index (χ3n) is 4.82. The summed E-state index contributed by atoms with van der Waals surface area (Å²) >= 11 is 0. The Morgan fingerprint density at radius 2 is 1.94 bits per heavy atom. The lowest BCUT2D eigenvalue weighted by atomic mass is 10.0. The Morgan fingerprint density at radius 1 is 1.13 bits per heavy atom. The summed E-state index contributed by atoms with van der Waals surface area (Å²) in [5.41, 5.74) is 2.66. The smallest absolute Gasteiger partial charge is 0.228 e. The second-order valence-electron chi connectivity index (χ2n) is 7.37. The van der Waals surface area contributed by atoms with Crippen molar-refractivity contribution in [2.45, 2.75) is 6.54 Å². The molecule has 0 bridgehead atoms. The van der Waals surface area contributed by atoms with Crippen molar-refractivity contribution in [3.63, 3.8) is 0 Å². The molecule has 158 valence electrons. The maximum absolute atomic E-state index is 14.5. The number of aromatic nitrogens is 3. The quantitative estimate of drug-likeness (QED) is 0.472. The van der Waals surface area contributed by atoms with E-state index in [1.165, 1.54) is 31.5 Å². The van der Waals surface area contributed by atoms with Crippen LogP contribution in [0.4, 0.5) is 8.78 Å². The maximum Gasteiger partial charge on any atom is 0.228 e. The highest BCUT2D eigenvalue weighted by atomic mass is 19.2. The van der Waals surface area contributed by atoms with Crippen LogP contribution in [0.15, 0.2) is 48.7 Å². The normalized spacial score (nSPS) is 11.3. The summed E-state index contributed by atoms with van der Waals surface area (Å²) in [7, 11) is 5.30. The van der Waals surface area contributed by atoms with Gasteiger partial charge in [-0.05, 0) is 56.1 Å². The fourth-order valence-electron chi connectivity index (χ4n) is 3.41. The number of carbonyl (C=O) groups is 1. The lowest BCUT2D eigenvalue weighted by molar-refractivity contribution is 0.103. The number of nitrogens with zero attached hydrogens (tertiary/aromatic N) is 3. The number of ketones is 1. The lowest BCUT2D eigenvalue weighted by Gasteiger charge is -2.10. The standard InChI is InChI=1S/C23H20F2N4O2/c1-29(2)12-13-4-6-16-17(10-13)28-23(27-16)22(30)14-8-9-26-18(11-14)20-19(31-3)7-5-15(24)21(20)25/h4-11H,12H2,1-3H3,(H,27,28). The molecule has 0 saturated carbocycles. The van der Waals surface area contributed by atoms with Crippen molar-refractivity contribution in [2.24, 2.45) is 0 Å². The highest BCUT2D eigenvalue weighted by molar-refractivity contribution is 6.08. The molecule has 0 saturated heterocycles. The number of carbonyl (C=O) groups excluding carboxylic acids is 1.